The predicted molar refractivity (Wildman–Crippen MR) is 93.0 cm³/mol. The normalized spacial score (nSPS) is 16.1. The zero-order valence-electron chi connectivity index (χ0n) is 13.4. The number of aryl methyl sites for hydroxylation is 1. The maximum Gasteiger partial charge on any atom is 0.343 e. The summed E-state index contributed by atoms with van der Waals surface area (Å²) in [5.74, 6) is 0.198. The third-order valence-corrected chi connectivity index (χ3v) is 5.90. The highest BCUT2D eigenvalue weighted by Crippen LogP contribution is 2.24. The van der Waals surface area contributed by atoms with E-state index in [9.17, 15) is 13.2 Å². The molecule has 0 amide bonds. The van der Waals surface area contributed by atoms with E-state index in [1.165, 1.54) is 9.87 Å². The summed E-state index contributed by atoms with van der Waals surface area (Å²) in [6, 6.07) is 13.8. The number of hydrogen-bond donors (Lipinski definition) is 0. The lowest BCUT2D eigenvalue weighted by atomic mass is 10.2. The van der Waals surface area contributed by atoms with Crippen molar-refractivity contribution in [2.45, 2.75) is 19.8 Å². The summed E-state index contributed by atoms with van der Waals surface area (Å²) in [4.78, 5) is 12.2. The molecule has 0 radical (unpaired) electrons. The van der Waals surface area contributed by atoms with Gasteiger partial charge in [0.1, 0.15) is 5.75 Å². The number of benzene rings is 2. The molecule has 0 aliphatic carbocycles. The van der Waals surface area contributed by atoms with Crippen LogP contribution in [0.5, 0.6) is 5.75 Å². The van der Waals surface area contributed by atoms with E-state index in [0.717, 1.165) is 6.42 Å². The minimum atomic E-state index is -3.21. The standard InChI is InChI=1S/C18H19NO4S/c1-2-14-4-10-17(11-5-14)23-18(20)15-6-8-16(9-7-15)19-12-3-13-24(19,21)22/h4-11H,2-3,12-13H2,1H3. The zero-order valence-corrected chi connectivity index (χ0v) is 14.3. The molecule has 1 saturated heterocycles. The van der Waals surface area contributed by atoms with Gasteiger partial charge in [0.2, 0.25) is 10.0 Å². The molecule has 1 aliphatic heterocycles. The van der Waals surface area contributed by atoms with E-state index >= 15 is 0 Å². The molecule has 0 unspecified atom stereocenters. The van der Waals surface area contributed by atoms with Gasteiger partial charge in [-0.15, -0.1) is 0 Å². The Balaban J connectivity index is 1.71. The molecule has 3 rings (SSSR count). The van der Waals surface area contributed by atoms with Gasteiger partial charge in [-0.2, -0.15) is 0 Å². The van der Waals surface area contributed by atoms with Crippen molar-refractivity contribution in [2.75, 3.05) is 16.6 Å². The zero-order chi connectivity index (χ0) is 17.2. The fourth-order valence-corrected chi connectivity index (χ4v) is 4.22. The van der Waals surface area contributed by atoms with E-state index in [0.29, 0.717) is 30.0 Å². The second-order valence-corrected chi connectivity index (χ2v) is 7.69. The molecular weight excluding hydrogens is 326 g/mol. The number of nitrogens with zero attached hydrogens (tertiary/aromatic N) is 1. The number of ether oxygens (including phenoxy) is 1. The molecule has 1 fully saturated rings. The van der Waals surface area contributed by atoms with Gasteiger partial charge >= 0.3 is 5.97 Å². The maximum absolute atomic E-state index is 12.2. The molecule has 0 spiro atoms. The van der Waals surface area contributed by atoms with Gasteiger partial charge in [0.05, 0.1) is 17.0 Å². The summed E-state index contributed by atoms with van der Waals surface area (Å²) < 4.78 is 30.5. The Morgan fingerprint density at radius 1 is 1.08 bits per heavy atom. The Hall–Kier alpha value is -2.34. The van der Waals surface area contributed by atoms with Crippen LogP contribution in [0.2, 0.25) is 0 Å². The van der Waals surface area contributed by atoms with Crippen molar-refractivity contribution in [3.63, 3.8) is 0 Å². The van der Waals surface area contributed by atoms with Crippen molar-refractivity contribution in [1.29, 1.82) is 0 Å². The van der Waals surface area contributed by atoms with Crippen LogP contribution in [0.25, 0.3) is 0 Å². The molecular formula is C18H19NO4S. The second kappa shape index (κ2) is 6.65. The highest BCUT2D eigenvalue weighted by Gasteiger charge is 2.28. The summed E-state index contributed by atoms with van der Waals surface area (Å²) in [5.41, 5.74) is 2.14. The first-order chi connectivity index (χ1) is 11.5. The second-order valence-electron chi connectivity index (χ2n) is 5.68. The number of hydrogen-bond acceptors (Lipinski definition) is 4. The van der Waals surface area contributed by atoms with Gasteiger partial charge in [-0.05, 0) is 54.8 Å². The topological polar surface area (TPSA) is 63.7 Å². The van der Waals surface area contributed by atoms with Crippen LogP contribution in [-0.4, -0.2) is 26.7 Å². The monoisotopic (exact) mass is 345 g/mol. The third-order valence-electron chi connectivity index (χ3n) is 4.03. The van der Waals surface area contributed by atoms with Crippen molar-refractivity contribution in [3.8, 4) is 5.75 Å². The van der Waals surface area contributed by atoms with Gasteiger partial charge in [-0.3, -0.25) is 4.31 Å². The summed E-state index contributed by atoms with van der Waals surface area (Å²) >= 11 is 0. The quantitative estimate of drug-likeness (QED) is 0.631. The molecule has 2 aromatic rings. The Morgan fingerprint density at radius 2 is 1.75 bits per heavy atom. The Bertz CT molecular complexity index is 826. The van der Waals surface area contributed by atoms with Gasteiger partial charge < -0.3 is 4.74 Å². The first kappa shape index (κ1) is 16.5. The summed E-state index contributed by atoms with van der Waals surface area (Å²) in [5, 5.41) is 0. The molecule has 0 atom stereocenters. The number of rotatable bonds is 4. The largest absolute Gasteiger partial charge is 0.423 e. The Morgan fingerprint density at radius 3 is 2.29 bits per heavy atom. The SMILES string of the molecule is CCc1ccc(OC(=O)c2ccc(N3CCCS3(=O)=O)cc2)cc1. The summed E-state index contributed by atoms with van der Waals surface area (Å²) in [7, 11) is -3.21. The van der Waals surface area contributed by atoms with Crippen LogP contribution in [0.3, 0.4) is 0 Å². The van der Waals surface area contributed by atoms with E-state index in [4.69, 9.17) is 4.74 Å². The molecule has 1 aliphatic rings. The fourth-order valence-electron chi connectivity index (χ4n) is 2.65. The number of carbonyl (C=O) groups is 1. The van der Waals surface area contributed by atoms with Crippen LogP contribution >= 0.6 is 0 Å². The molecule has 1 heterocycles. The summed E-state index contributed by atoms with van der Waals surface area (Å²) in [6.45, 7) is 2.54. The van der Waals surface area contributed by atoms with Gasteiger partial charge in [-0.25, -0.2) is 13.2 Å². The van der Waals surface area contributed by atoms with E-state index < -0.39 is 16.0 Å². The lowest BCUT2D eigenvalue weighted by Crippen LogP contribution is -2.25. The molecule has 0 bridgehead atoms. The molecule has 0 saturated carbocycles. The predicted octanol–water partition coefficient (Wildman–Crippen LogP) is 3.01. The number of esters is 1. The first-order valence-corrected chi connectivity index (χ1v) is 9.52. The van der Waals surface area contributed by atoms with Crippen molar-refractivity contribution in [2.24, 2.45) is 0 Å². The van der Waals surface area contributed by atoms with Crippen molar-refractivity contribution in [3.05, 3.63) is 59.7 Å². The highest BCUT2D eigenvalue weighted by molar-refractivity contribution is 7.93. The average Bonchev–Trinajstić information content (AvgIpc) is 2.95. The molecule has 2 aromatic carbocycles. The number of sulfonamides is 1. The van der Waals surface area contributed by atoms with Crippen LogP contribution in [0, 0.1) is 0 Å². The van der Waals surface area contributed by atoms with Gasteiger partial charge in [0.25, 0.3) is 0 Å². The Labute approximate surface area is 141 Å². The lowest BCUT2D eigenvalue weighted by Gasteiger charge is -2.16. The van der Waals surface area contributed by atoms with Crippen LogP contribution in [0.15, 0.2) is 48.5 Å². The minimum Gasteiger partial charge on any atom is -0.423 e. The Kier molecular flexibility index (Phi) is 4.57. The van der Waals surface area contributed by atoms with Gasteiger partial charge in [-0.1, -0.05) is 19.1 Å². The maximum atomic E-state index is 12.2. The smallest absolute Gasteiger partial charge is 0.343 e. The fraction of sp³-hybridized carbons (Fsp3) is 0.278. The molecule has 0 aromatic heterocycles. The molecule has 0 N–H and O–H groups in total. The molecule has 5 nitrogen and oxygen atoms in total. The van der Waals surface area contributed by atoms with Crippen molar-refractivity contribution >= 4 is 21.7 Å². The third kappa shape index (κ3) is 3.43. The van der Waals surface area contributed by atoms with E-state index in [1.54, 1.807) is 36.4 Å². The molecule has 126 valence electrons. The highest BCUT2D eigenvalue weighted by atomic mass is 32.2. The van der Waals surface area contributed by atoms with Gasteiger partial charge in [0.15, 0.2) is 0 Å². The van der Waals surface area contributed by atoms with E-state index in [1.807, 2.05) is 12.1 Å². The van der Waals surface area contributed by atoms with Crippen LogP contribution in [0.1, 0.15) is 29.3 Å². The van der Waals surface area contributed by atoms with Gasteiger partial charge in [0, 0.05) is 6.54 Å². The van der Waals surface area contributed by atoms with Crippen LogP contribution in [-0.2, 0) is 16.4 Å². The van der Waals surface area contributed by atoms with Crippen LogP contribution in [0.4, 0.5) is 5.69 Å². The van der Waals surface area contributed by atoms with E-state index in [-0.39, 0.29) is 5.75 Å². The number of anilines is 1. The lowest BCUT2D eigenvalue weighted by molar-refractivity contribution is 0.0735. The number of carbonyl (C=O) groups excluding carboxylic acids is 1. The van der Waals surface area contributed by atoms with Crippen molar-refractivity contribution in [1.82, 2.24) is 0 Å². The van der Waals surface area contributed by atoms with Crippen LogP contribution < -0.4 is 9.04 Å². The molecule has 6 heteroatoms. The first-order valence-electron chi connectivity index (χ1n) is 7.91. The average molecular weight is 345 g/mol. The van der Waals surface area contributed by atoms with Crippen molar-refractivity contribution < 1.29 is 17.9 Å². The minimum absolute atomic E-state index is 0.171. The van der Waals surface area contributed by atoms with E-state index in [2.05, 4.69) is 6.92 Å². The summed E-state index contributed by atoms with van der Waals surface area (Å²) in [6.07, 6.45) is 1.55. The molecule has 24 heavy (non-hydrogen) atoms.